The van der Waals surface area contributed by atoms with Crippen LogP contribution in [0.15, 0.2) is 29.3 Å². The number of esters is 2. The fourth-order valence-corrected chi connectivity index (χ4v) is 7.42. The lowest BCUT2D eigenvalue weighted by Crippen LogP contribution is -2.51. The number of carbonyl (C=O) groups is 4. The highest BCUT2D eigenvalue weighted by atomic mass is 33.1. The number of hydrogen-bond acceptors (Lipinski definition) is 12. The van der Waals surface area contributed by atoms with Gasteiger partial charge in [0, 0.05) is 36.6 Å². The number of hydrogen-bond donors (Lipinski definition) is 1. The first-order chi connectivity index (χ1) is 21.2. The number of nitrogens with zero attached hydrogens (tertiary/aromatic N) is 3. The minimum atomic E-state index is -0.681. The summed E-state index contributed by atoms with van der Waals surface area (Å²) in [6.07, 6.45) is 10.3. The van der Waals surface area contributed by atoms with Crippen molar-refractivity contribution in [1.82, 2.24) is 15.3 Å². The Morgan fingerprint density at radius 3 is 1.89 bits per heavy atom. The number of aliphatic imine (C=N–C) groups is 1. The third-order valence-corrected chi connectivity index (χ3v) is 10.1. The highest BCUT2D eigenvalue weighted by molar-refractivity contribution is 8.82. The van der Waals surface area contributed by atoms with E-state index in [0.29, 0.717) is 11.5 Å². The second kappa shape index (κ2) is 22.8. The van der Waals surface area contributed by atoms with Gasteiger partial charge < -0.3 is 14.8 Å². The van der Waals surface area contributed by atoms with Crippen molar-refractivity contribution in [2.75, 3.05) is 50.5 Å². The number of hydrazine groups is 1. The van der Waals surface area contributed by atoms with Crippen LogP contribution in [0.3, 0.4) is 0 Å². The largest absolute Gasteiger partial charge is 0.460 e. The van der Waals surface area contributed by atoms with Crippen molar-refractivity contribution in [2.45, 2.75) is 91.3 Å². The number of rotatable bonds is 19. The number of nitrogens with one attached hydrogen (secondary N) is 1. The Hall–Kier alpha value is -1.61. The minimum Gasteiger partial charge on any atom is -0.460 e. The van der Waals surface area contributed by atoms with Crippen LogP contribution in [0.25, 0.3) is 0 Å². The van der Waals surface area contributed by atoms with E-state index < -0.39 is 23.1 Å². The van der Waals surface area contributed by atoms with Crippen molar-refractivity contribution in [3.05, 3.63) is 24.3 Å². The van der Waals surface area contributed by atoms with Gasteiger partial charge in [0.1, 0.15) is 16.2 Å². The molecule has 0 spiro atoms. The molecule has 0 aromatic heterocycles. The molecule has 0 aromatic rings. The van der Waals surface area contributed by atoms with Crippen molar-refractivity contribution < 1.29 is 28.7 Å². The zero-order valence-electron chi connectivity index (χ0n) is 27.9. The monoisotopic (exact) mass is 704 g/mol. The zero-order valence-corrected chi connectivity index (χ0v) is 31.2. The Morgan fingerprint density at radius 2 is 1.40 bits per heavy atom. The maximum atomic E-state index is 13.6. The summed E-state index contributed by atoms with van der Waals surface area (Å²) in [5, 5.41) is 6.66. The molecule has 1 heterocycles. The van der Waals surface area contributed by atoms with Gasteiger partial charge in [0.2, 0.25) is 11.8 Å². The Kier molecular flexibility index (Phi) is 21.0. The van der Waals surface area contributed by atoms with Gasteiger partial charge >= 0.3 is 11.9 Å². The summed E-state index contributed by atoms with van der Waals surface area (Å²) in [5.41, 5.74) is -1.36. The molecule has 0 fully saturated rings. The van der Waals surface area contributed by atoms with Gasteiger partial charge in [0.05, 0.1) is 25.9 Å². The predicted molar refractivity (Wildman–Crippen MR) is 192 cm³/mol. The van der Waals surface area contributed by atoms with Crippen LogP contribution in [-0.4, -0.2) is 101 Å². The normalized spacial score (nSPS) is 13.4. The van der Waals surface area contributed by atoms with E-state index in [0.717, 1.165) is 36.7 Å². The first-order valence-electron chi connectivity index (χ1n) is 15.3. The minimum absolute atomic E-state index is 0.0384. The summed E-state index contributed by atoms with van der Waals surface area (Å²) in [5.74, 6) is 0.305. The van der Waals surface area contributed by atoms with Crippen LogP contribution in [0, 0.1) is 0 Å². The van der Waals surface area contributed by atoms with Crippen LogP contribution in [0.1, 0.15) is 80.1 Å². The van der Waals surface area contributed by atoms with Crippen molar-refractivity contribution in [2.24, 2.45) is 4.99 Å². The average molecular weight is 705 g/mol. The number of carbonyl (C=O) groups excluding carboxylic acids is 4. The Labute approximate surface area is 285 Å². The second-order valence-corrected chi connectivity index (χ2v) is 17.1. The molecule has 0 saturated heterocycles. The van der Waals surface area contributed by atoms with Crippen LogP contribution >= 0.6 is 43.2 Å². The molecule has 0 aromatic carbocycles. The van der Waals surface area contributed by atoms with Crippen molar-refractivity contribution in [3.63, 3.8) is 0 Å². The molecule has 0 unspecified atom stereocenters. The SMILES string of the molecule is CNCC/C=C\CSSCCC(=O)N(CCC(=O)OC(C)(C)C)N(CCC(=O)OC(C)(C)C)C(=O)CCSSC1=NCCC=C1. The van der Waals surface area contributed by atoms with E-state index in [2.05, 4.69) is 28.5 Å². The van der Waals surface area contributed by atoms with E-state index in [1.807, 2.05) is 13.1 Å². The van der Waals surface area contributed by atoms with Crippen LogP contribution in [0.4, 0.5) is 0 Å². The quantitative estimate of drug-likeness (QED) is 0.0554. The maximum absolute atomic E-state index is 13.6. The van der Waals surface area contributed by atoms with Gasteiger partial charge in [0.15, 0.2) is 0 Å². The van der Waals surface area contributed by atoms with Gasteiger partial charge in [0.25, 0.3) is 0 Å². The third kappa shape index (κ3) is 21.7. The average Bonchev–Trinajstić information content (AvgIpc) is 2.94. The number of ether oxygens (including phenoxy) is 2. The van der Waals surface area contributed by atoms with Gasteiger partial charge in [-0.1, -0.05) is 50.6 Å². The molecule has 14 heteroatoms. The van der Waals surface area contributed by atoms with Gasteiger partial charge in [-0.2, -0.15) is 0 Å². The molecule has 0 bridgehead atoms. The summed E-state index contributed by atoms with van der Waals surface area (Å²) in [4.78, 5) is 56.9. The number of dihydropyridines is 1. The molecular weight excluding hydrogens is 653 g/mol. The third-order valence-electron chi connectivity index (χ3n) is 5.50. The topological polar surface area (TPSA) is 118 Å². The molecule has 0 radical (unpaired) electrons. The van der Waals surface area contributed by atoms with Crippen molar-refractivity contribution in [1.29, 1.82) is 0 Å². The molecule has 10 nitrogen and oxygen atoms in total. The summed E-state index contributed by atoms with van der Waals surface area (Å²) in [6, 6.07) is 0. The van der Waals surface area contributed by atoms with Crippen molar-refractivity contribution >= 4 is 72.0 Å². The molecule has 1 N–H and O–H groups in total. The Balaban J connectivity index is 2.98. The van der Waals surface area contributed by atoms with Crippen LogP contribution < -0.4 is 5.32 Å². The molecule has 1 rings (SSSR count). The first-order valence-corrected chi connectivity index (χ1v) is 20.1. The lowest BCUT2D eigenvalue weighted by atomic mass is 10.2. The molecular formula is C31H52N4O6S4. The molecule has 0 saturated carbocycles. The van der Waals surface area contributed by atoms with Gasteiger partial charge in [-0.05, 0) is 84.8 Å². The Morgan fingerprint density at radius 1 is 0.844 bits per heavy atom. The van der Waals surface area contributed by atoms with Crippen LogP contribution in [0.2, 0.25) is 0 Å². The molecule has 2 amide bonds. The van der Waals surface area contributed by atoms with E-state index in [1.165, 1.54) is 31.6 Å². The van der Waals surface area contributed by atoms with Crippen LogP contribution in [0.5, 0.6) is 0 Å². The summed E-state index contributed by atoms with van der Waals surface area (Å²) in [7, 11) is 8.18. The number of amides is 2. The fraction of sp³-hybridized carbons (Fsp3) is 0.710. The predicted octanol–water partition coefficient (Wildman–Crippen LogP) is 6.09. The smallest absolute Gasteiger partial charge is 0.308 e. The summed E-state index contributed by atoms with van der Waals surface area (Å²) < 4.78 is 10.9. The molecule has 0 aliphatic carbocycles. The fourth-order valence-electron chi connectivity index (χ4n) is 3.66. The standard InChI is InChI=1S/C31H52N4O6S4/c1-30(2,3)40-28(38)14-20-34(26(36)16-23-43-42-22-12-8-10-18-32-7)35(21-15-29(39)41-31(4,5)6)27(37)17-24-44-45-25-13-9-11-19-33-25/h8-9,12-13,32H,10-11,14-24H2,1-7H3/b12-8-. The lowest BCUT2D eigenvalue weighted by molar-refractivity contribution is -0.170. The molecule has 0 atom stereocenters. The second-order valence-electron chi connectivity index (χ2n) is 12.0. The highest BCUT2D eigenvalue weighted by Gasteiger charge is 2.29. The van der Waals surface area contributed by atoms with E-state index in [1.54, 1.807) is 63.1 Å². The van der Waals surface area contributed by atoms with E-state index in [9.17, 15) is 19.2 Å². The molecule has 1 aliphatic heterocycles. The van der Waals surface area contributed by atoms with Gasteiger partial charge in [-0.25, -0.2) is 0 Å². The summed E-state index contributed by atoms with van der Waals surface area (Å²) >= 11 is 0. The first kappa shape index (κ1) is 41.4. The maximum Gasteiger partial charge on any atom is 0.308 e. The molecule has 1 aliphatic rings. The van der Waals surface area contributed by atoms with E-state index in [-0.39, 0.29) is 50.6 Å². The molecule has 45 heavy (non-hydrogen) atoms. The van der Waals surface area contributed by atoms with E-state index in [4.69, 9.17) is 9.47 Å². The summed E-state index contributed by atoms with van der Waals surface area (Å²) in [6.45, 7) is 12.3. The zero-order chi connectivity index (χ0) is 33.7. The highest BCUT2D eigenvalue weighted by Crippen LogP contribution is 2.27. The Bertz CT molecular complexity index is 1020. The van der Waals surface area contributed by atoms with Crippen molar-refractivity contribution in [3.8, 4) is 0 Å². The van der Waals surface area contributed by atoms with Gasteiger partial charge in [-0.3, -0.25) is 34.2 Å². The van der Waals surface area contributed by atoms with Crippen LogP contribution in [-0.2, 0) is 28.7 Å². The van der Waals surface area contributed by atoms with E-state index >= 15 is 0 Å². The lowest BCUT2D eigenvalue weighted by Gasteiger charge is -2.35. The molecule has 256 valence electrons. The van der Waals surface area contributed by atoms with Gasteiger partial charge in [-0.15, -0.1) is 0 Å².